The Balaban J connectivity index is 2.36. The van der Waals surface area contributed by atoms with Crippen LogP contribution in [0, 0.1) is 10.1 Å². The Bertz CT molecular complexity index is 614. The van der Waals surface area contributed by atoms with Crippen molar-refractivity contribution in [3.8, 4) is 10.8 Å². The summed E-state index contributed by atoms with van der Waals surface area (Å²) in [5.74, 6) is 0.301. The monoisotopic (exact) mass is 300 g/mol. The minimum absolute atomic E-state index is 0.0879. The number of rotatable bonds is 4. The van der Waals surface area contributed by atoms with Gasteiger partial charge in [0, 0.05) is 23.2 Å². The average molecular weight is 301 g/mol. The highest BCUT2D eigenvalue weighted by Gasteiger charge is 2.23. The molecule has 2 heterocycles. The molecule has 0 radical (unpaired) electrons. The molecule has 8 heteroatoms. The zero-order valence-corrected chi connectivity index (χ0v) is 11.3. The molecule has 0 aliphatic heterocycles. The number of aliphatic hydroxyl groups is 1. The standard InChI is InChI=1S/C11H9ClN2O4S/c1-6(15)10-3-9(14(16)17)11(19-10)18-8-2-7(12)4-13-5-8/h2-6,15H,1H3/t6-/m1/s1. The minimum Gasteiger partial charge on any atom is -0.438 e. The number of ether oxygens (including phenoxy) is 1. The molecule has 0 saturated heterocycles. The van der Waals surface area contributed by atoms with Crippen molar-refractivity contribution in [2.24, 2.45) is 0 Å². The quantitative estimate of drug-likeness (QED) is 0.689. The van der Waals surface area contributed by atoms with Gasteiger partial charge in [-0.2, -0.15) is 0 Å². The summed E-state index contributed by atoms with van der Waals surface area (Å²) in [6.45, 7) is 1.53. The molecule has 0 aromatic carbocycles. The Morgan fingerprint density at radius 1 is 1.53 bits per heavy atom. The summed E-state index contributed by atoms with van der Waals surface area (Å²) in [6.07, 6.45) is 2.04. The minimum atomic E-state index is -0.793. The molecule has 100 valence electrons. The van der Waals surface area contributed by atoms with Gasteiger partial charge in [0.1, 0.15) is 5.75 Å². The summed E-state index contributed by atoms with van der Waals surface area (Å²) in [7, 11) is 0. The normalized spacial score (nSPS) is 12.2. The second kappa shape index (κ2) is 5.52. The van der Waals surface area contributed by atoms with Gasteiger partial charge in [-0.1, -0.05) is 22.9 Å². The van der Waals surface area contributed by atoms with E-state index in [0.29, 0.717) is 15.6 Å². The molecule has 0 spiro atoms. The Hall–Kier alpha value is -1.70. The third-order valence-electron chi connectivity index (χ3n) is 2.20. The van der Waals surface area contributed by atoms with Crippen LogP contribution in [0.4, 0.5) is 5.69 Å². The molecule has 6 nitrogen and oxygen atoms in total. The first-order valence-electron chi connectivity index (χ1n) is 5.22. The Morgan fingerprint density at radius 2 is 2.26 bits per heavy atom. The molecule has 0 aliphatic rings. The Kier molecular flexibility index (Phi) is 3.98. The molecule has 1 atom stereocenters. The molecule has 0 fully saturated rings. The van der Waals surface area contributed by atoms with E-state index in [1.54, 1.807) is 0 Å². The maximum atomic E-state index is 10.9. The molecule has 2 rings (SSSR count). The van der Waals surface area contributed by atoms with Gasteiger partial charge in [0.2, 0.25) is 0 Å². The topological polar surface area (TPSA) is 85.5 Å². The Labute approximate surface area is 117 Å². The third kappa shape index (κ3) is 3.19. The van der Waals surface area contributed by atoms with Gasteiger partial charge in [-0.05, 0) is 6.92 Å². The number of nitrogens with zero attached hydrogens (tertiary/aromatic N) is 2. The largest absolute Gasteiger partial charge is 0.438 e. The van der Waals surface area contributed by atoms with Crippen molar-refractivity contribution in [3.63, 3.8) is 0 Å². The fourth-order valence-electron chi connectivity index (χ4n) is 1.34. The third-order valence-corrected chi connectivity index (χ3v) is 3.58. The second-order valence-corrected chi connectivity index (χ2v) is 5.18. The first-order chi connectivity index (χ1) is 8.97. The molecule has 2 aromatic heterocycles. The van der Waals surface area contributed by atoms with Crippen molar-refractivity contribution in [1.82, 2.24) is 4.98 Å². The van der Waals surface area contributed by atoms with Crippen LogP contribution < -0.4 is 4.74 Å². The van der Waals surface area contributed by atoms with Gasteiger partial charge in [0.15, 0.2) is 0 Å². The molecule has 0 unspecified atom stereocenters. The summed E-state index contributed by atoms with van der Waals surface area (Å²) in [5, 5.41) is 20.8. The molecular formula is C11H9ClN2O4S. The highest BCUT2D eigenvalue weighted by Crippen LogP contribution is 2.41. The molecular weight excluding hydrogens is 292 g/mol. The second-order valence-electron chi connectivity index (χ2n) is 3.70. The molecule has 0 amide bonds. The molecule has 19 heavy (non-hydrogen) atoms. The maximum Gasteiger partial charge on any atom is 0.323 e. The lowest BCUT2D eigenvalue weighted by Gasteiger charge is -2.02. The number of aliphatic hydroxyl groups excluding tert-OH is 1. The van der Waals surface area contributed by atoms with Crippen LogP contribution in [0.1, 0.15) is 17.9 Å². The van der Waals surface area contributed by atoms with Gasteiger partial charge in [-0.15, -0.1) is 0 Å². The van der Waals surface area contributed by atoms with Crippen LogP contribution in [0.25, 0.3) is 0 Å². The van der Waals surface area contributed by atoms with E-state index >= 15 is 0 Å². The zero-order chi connectivity index (χ0) is 14.0. The number of pyridine rings is 1. The Morgan fingerprint density at radius 3 is 2.84 bits per heavy atom. The fraction of sp³-hybridized carbons (Fsp3) is 0.182. The summed E-state index contributed by atoms with van der Waals surface area (Å²) in [4.78, 5) is 14.6. The van der Waals surface area contributed by atoms with E-state index in [9.17, 15) is 15.2 Å². The van der Waals surface area contributed by atoms with Gasteiger partial charge in [-0.25, -0.2) is 0 Å². The number of aromatic nitrogens is 1. The highest BCUT2D eigenvalue weighted by molar-refractivity contribution is 7.14. The lowest BCUT2D eigenvalue weighted by atomic mass is 10.3. The van der Waals surface area contributed by atoms with Crippen molar-refractivity contribution in [2.75, 3.05) is 0 Å². The van der Waals surface area contributed by atoms with E-state index in [2.05, 4.69) is 4.98 Å². The fourth-order valence-corrected chi connectivity index (χ4v) is 2.44. The van der Waals surface area contributed by atoms with E-state index in [0.717, 1.165) is 11.3 Å². The molecule has 2 aromatic rings. The number of halogens is 1. The summed E-state index contributed by atoms with van der Waals surface area (Å²) >= 11 is 6.77. The van der Waals surface area contributed by atoms with E-state index in [-0.39, 0.29) is 10.8 Å². The van der Waals surface area contributed by atoms with Crippen LogP contribution >= 0.6 is 22.9 Å². The molecule has 0 saturated carbocycles. The van der Waals surface area contributed by atoms with Crippen LogP contribution in [-0.4, -0.2) is 15.0 Å². The highest BCUT2D eigenvalue weighted by atomic mass is 35.5. The van der Waals surface area contributed by atoms with Gasteiger partial charge in [-0.3, -0.25) is 15.1 Å². The first kappa shape index (κ1) is 13.7. The van der Waals surface area contributed by atoms with E-state index < -0.39 is 11.0 Å². The number of nitro groups is 1. The van der Waals surface area contributed by atoms with E-state index in [1.807, 2.05) is 0 Å². The van der Waals surface area contributed by atoms with Crippen molar-refractivity contribution in [2.45, 2.75) is 13.0 Å². The smallest absolute Gasteiger partial charge is 0.323 e. The SMILES string of the molecule is C[C@@H](O)c1cc([N+](=O)[O-])c(Oc2cncc(Cl)c2)s1. The maximum absolute atomic E-state index is 10.9. The van der Waals surface area contributed by atoms with Crippen molar-refractivity contribution in [3.05, 3.63) is 44.5 Å². The number of hydrogen-bond donors (Lipinski definition) is 1. The van der Waals surface area contributed by atoms with Gasteiger partial charge >= 0.3 is 5.69 Å². The van der Waals surface area contributed by atoms with Crippen LogP contribution in [0.3, 0.4) is 0 Å². The van der Waals surface area contributed by atoms with Crippen molar-refractivity contribution in [1.29, 1.82) is 0 Å². The van der Waals surface area contributed by atoms with Crippen LogP contribution in [0.5, 0.6) is 10.8 Å². The lowest BCUT2D eigenvalue weighted by Crippen LogP contribution is -1.89. The summed E-state index contributed by atoms with van der Waals surface area (Å²) in [5.41, 5.74) is -0.194. The van der Waals surface area contributed by atoms with Crippen LogP contribution in [0.2, 0.25) is 5.02 Å². The van der Waals surface area contributed by atoms with E-state index in [1.165, 1.54) is 31.5 Å². The van der Waals surface area contributed by atoms with E-state index in [4.69, 9.17) is 16.3 Å². The number of thiophene rings is 1. The average Bonchev–Trinajstić information content (AvgIpc) is 2.73. The number of hydrogen-bond acceptors (Lipinski definition) is 6. The molecule has 0 bridgehead atoms. The molecule has 1 N–H and O–H groups in total. The summed E-state index contributed by atoms with van der Waals surface area (Å²) < 4.78 is 5.40. The van der Waals surface area contributed by atoms with Gasteiger partial charge in [0.05, 0.1) is 22.2 Å². The first-order valence-corrected chi connectivity index (χ1v) is 6.41. The van der Waals surface area contributed by atoms with Crippen LogP contribution in [0.15, 0.2) is 24.5 Å². The van der Waals surface area contributed by atoms with Gasteiger partial charge < -0.3 is 9.84 Å². The predicted octanol–water partition coefficient (Wildman–Crippen LogP) is 3.55. The summed E-state index contributed by atoms with van der Waals surface area (Å²) in [6, 6.07) is 2.79. The van der Waals surface area contributed by atoms with Crippen molar-refractivity contribution < 1.29 is 14.8 Å². The van der Waals surface area contributed by atoms with Crippen molar-refractivity contribution >= 4 is 28.6 Å². The van der Waals surface area contributed by atoms with Crippen LogP contribution in [-0.2, 0) is 0 Å². The zero-order valence-electron chi connectivity index (χ0n) is 9.74. The lowest BCUT2D eigenvalue weighted by molar-refractivity contribution is -0.385. The van der Waals surface area contributed by atoms with Gasteiger partial charge in [0.25, 0.3) is 5.06 Å². The molecule has 0 aliphatic carbocycles. The predicted molar refractivity (Wildman–Crippen MR) is 70.9 cm³/mol.